The molecule has 1 unspecified atom stereocenters. The number of carbonyl (C=O) groups excluding carboxylic acids is 1. The highest BCUT2D eigenvalue weighted by Crippen LogP contribution is 2.29. The smallest absolute Gasteiger partial charge is 0.224 e. The number of amides is 1. The normalized spacial score (nSPS) is 18.9. The standard InChI is InChI=1S/C15H20BrClN2O/c1-10-7-12(16)14(8-13(10)17)19-15(20)5-4-11-3-2-6-18-9-11/h7-8,11,18H,2-6,9H2,1H3,(H,19,20). The minimum atomic E-state index is 0.0520. The van der Waals surface area contributed by atoms with E-state index in [4.69, 9.17) is 11.6 Å². The third-order valence-corrected chi connectivity index (χ3v) is 4.76. The molecule has 0 spiro atoms. The van der Waals surface area contributed by atoms with Crippen LogP contribution in [0.15, 0.2) is 16.6 Å². The van der Waals surface area contributed by atoms with E-state index >= 15 is 0 Å². The molecule has 0 bridgehead atoms. The molecule has 0 saturated carbocycles. The number of nitrogens with one attached hydrogen (secondary N) is 2. The maximum absolute atomic E-state index is 12.0. The van der Waals surface area contributed by atoms with Crippen LogP contribution in [0.25, 0.3) is 0 Å². The van der Waals surface area contributed by atoms with Crippen LogP contribution >= 0.6 is 27.5 Å². The van der Waals surface area contributed by atoms with Gasteiger partial charge in [-0.05, 0) is 78.8 Å². The zero-order valence-corrected chi connectivity index (χ0v) is 14.0. The Morgan fingerprint density at radius 1 is 1.55 bits per heavy atom. The van der Waals surface area contributed by atoms with Crippen molar-refractivity contribution in [2.45, 2.75) is 32.6 Å². The van der Waals surface area contributed by atoms with Crippen LogP contribution in [0, 0.1) is 12.8 Å². The molecule has 110 valence electrons. The molecule has 1 aliphatic heterocycles. The van der Waals surface area contributed by atoms with Crippen molar-refractivity contribution in [2.24, 2.45) is 5.92 Å². The average Bonchev–Trinajstić information content (AvgIpc) is 2.44. The van der Waals surface area contributed by atoms with E-state index in [1.165, 1.54) is 12.8 Å². The van der Waals surface area contributed by atoms with Crippen molar-refractivity contribution >= 4 is 39.1 Å². The summed E-state index contributed by atoms with van der Waals surface area (Å²) in [5.41, 5.74) is 1.73. The van der Waals surface area contributed by atoms with E-state index < -0.39 is 0 Å². The van der Waals surface area contributed by atoms with Crippen molar-refractivity contribution in [2.75, 3.05) is 18.4 Å². The third kappa shape index (κ3) is 4.47. The van der Waals surface area contributed by atoms with E-state index in [1.54, 1.807) is 6.07 Å². The summed E-state index contributed by atoms with van der Waals surface area (Å²) in [6.45, 7) is 4.08. The van der Waals surface area contributed by atoms with Gasteiger partial charge in [0.2, 0.25) is 5.91 Å². The Bertz CT molecular complexity index is 487. The number of hydrogen-bond donors (Lipinski definition) is 2. The first-order chi connectivity index (χ1) is 9.56. The van der Waals surface area contributed by atoms with Gasteiger partial charge in [-0.1, -0.05) is 11.6 Å². The number of halogens is 2. The third-order valence-electron chi connectivity index (χ3n) is 3.70. The average molecular weight is 360 g/mol. The largest absolute Gasteiger partial charge is 0.325 e. The summed E-state index contributed by atoms with van der Waals surface area (Å²) in [7, 11) is 0. The summed E-state index contributed by atoms with van der Waals surface area (Å²) in [6.07, 6.45) is 3.94. The van der Waals surface area contributed by atoms with Crippen LogP contribution in [0.4, 0.5) is 5.69 Å². The van der Waals surface area contributed by atoms with Crippen LogP contribution in [0.5, 0.6) is 0 Å². The van der Waals surface area contributed by atoms with E-state index in [1.807, 2.05) is 13.0 Å². The molecular formula is C15H20BrClN2O. The number of hydrogen-bond acceptors (Lipinski definition) is 2. The molecule has 0 aromatic heterocycles. The zero-order valence-electron chi connectivity index (χ0n) is 11.6. The Hall–Kier alpha value is -0.580. The van der Waals surface area contributed by atoms with Crippen molar-refractivity contribution in [3.05, 3.63) is 27.2 Å². The molecule has 0 aliphatic carbocycles. The zero-order chi connectivity index (χ0) is 14.5. The molecule has 3 nitrogen and oxygen atoms in total. The van der Waals surface area contributed by atoms with Crippen LogP contribution < -0.4 is 10.6 Å². The fourth-order valence-corrected chi connectivity index (χ4v) is 3.18. The summed E-state index contributed by atoms with van der Waals surface area (Å²) >= 11 is 9.54. The molecule has 2 rings (SSSR count). The number of anilines is 1. The number of rotatable bonds is 4. The first kappa shape index (κ1) is 15.8. The monoisotopic (exact) mass is 358 g/mol. The van der Waals surface area contributed by atoms with Crippen molar-refractivity contribution < 1.29 is 4.79 Å². The van der Waals surface area contributed by atoms with Gasteiger partial charge in [0, 0.05) is 15.9 Å². The molecule has 2 N–H and O–H groups in total. The van der Waals surface area contributed by atoms with Gasteiger partial charge in [-0.25, -0.2) is 0 Å². The lowest BCUT2D eigenvalue weighted by Crippen LogP contribution is -2.30. The maximum atomic E-state index is 12.0. The quantitative estimate of drug-likeness (QED) is 0.848. The Labute approximate surface area is 133 Å². The molecule has 1 saturated heterocycles. The van der Waals surface area contributed by atoms with Crippen molar-refractivity contribution in [1.82, 2.24) is 5.32 Å². The molecule has 20 heavy (non-hydrogen) atoms. The fourth-order valence-electron chi connectivity index (χ4n) is 2.46. The lowest BCUT2D eigenvalue weighted by atomic mass is 9.94. The minimum Gasteiger partial charge on any atom is -0.325 e. The van der Waals surface area contributed by atoms with Gasteiger partial charge in [-0.15, -0.1) is 0 Å². The second-order valence-corrected chi connectivity index (χ2v) is 6.64. The first-order valence-electron chi connectivity index (χ1n) is 7.02. The van der Waals surface area contributed by atoms with Gasteiger partial charge >= 0.3 is 0 Å². The van der Waals surface area contributed by atoms with Crippen LogP contribution in [-0.4, -0.2) is 19.0 Å². The highest BCUT2D eigenvalue weighted by Gasteiger charge is 2.15. The molecule has 1 aromatic rings. The highest BCUT2D eigenvalue weighted by atomic mass is 79.9. The van der Waals surface area contributed by atoms with Crippen LogP contribution in [0.2, 0.25) is 5.02 Å². The number of benzene rings is 1. The molecule has 5 heteroatoms. The maximum Gasteiger partial charge on any atom is 0.224 e. The van der Waals surface area contributed by atoms with Gasteiger partial charge in [0.25, 0.3) is 0 Å². The molecule has 1 aromatic carbocycles. The summed E-state index contributed by atoms with van der Waals surface area (Å²) in [6, 6.07) is 3.71. The summed E-state index contributed by atoms with van der Waals surface area (Å²) < 4.78 is 0.868. The van der Waals surface area contributed by atoms with E-state index in [-0.39, 0.29) is 5.91 Å². The van der Waals surface area contributed by atoms with Crippen molar-refractivity contribution in [3.63, 3.8) is 0 Å². The van der Waals surface area contributed by atoms with Gasteiger partial charge < -0.3 is 10.6 Å². The SMILES string of the molecule is Cc1cc(Br)c(NC(=O)CCC2CCCNC2)cc1Cl. The van der Waals surface area contributed by atoms with Gasteiger partial charge in [0.05, 0.1) is 5.69 Å². The van der Waals surface area contributed by atoms with Crippen molar-refractivity contribution in [1.29, 1.82) is 0 Å². The van der Waals surface area contributed by atoms with Gasteiger partial charge in [0.15, 0.2) is 0 Å². The summed E-state index contributed by atoms with van der Waals surface area (Å²) in [5, 5.41) is 6.97. The van der Waals surface area contributed by atoms with E-state index in [0.717, 1.165) is 35.2 Å². The minimum absolute atomic E-state index is 0.0520. The number of carbonyl (C=O) groups is 1. The van der Waals surface area contributed by atoms with E-state index in [0.29, 0.717) is 17.4 Å². The van der Waals surface area contributed by atoms with Gasteiger partial charge in [-0.2, -0.15) is 0 Å². The molecule has 1 amide bonds. The molecule has 1 aliphatic rings. The molecule has 1 heterocycles. The molecule has 1 atom stereocenters. The van der Waals surface area contributed by atoms with E-state index in [2.05, 4.69) is 26.6 Å². The topological polar surface area (TPSA) is 41.1 Å². The van der Waals surface area contributed by atoms with Crippen LogP contribution in [0.3, 0.4) is 0 Å². The summed E-state index contributed by atoms with van der Waals surface area (Å²) in [4.78, 5) is 12.0. The van der Waals surface area contributed by atoms with Gasteiger partial charge in [-0.3, -0.25) is 4.79 Å². The Balaban J connectivity index is 1.86. The van der Waals surface area contributed by atoms with Gasteiger partial charge in [0.1, 0.15) is 0 Å². The van der Waals surface area contributed by atoms with Crippen LogP contribution in [0.1, 0.15) is 31.2 Å². The number of piperidine rings is 1. The second-order valence-electron chi connectivity index (χ2n) is 5.38. The lowest BCUT2D eigenvalue weighted by Gasteiger charge is -2.22. The molecule has 0 radical (unpaired) electrons. The predicted octanol–water partition coefficient (Wildman–Crippen LogP) is 4.13. The fraction of sp³-hybridized carbons (Fsp3) is 0.533. The second kappa shape index (κ2) is 7.43. The van der Waals surface area contributed by atoms with Crippen molar-refractivity contribution in [3.8, 4) is 0 Å². The first-order valence-corrected chi connectivity index (χ1v) is 8.19. The Morgan fingerprint density at radius 3 is 3.05 bits per heavy atom. The lowest BCUT2D eigenvalue weighted by molar-refractivity contribution is -0.116. The highest BCUT2D eigenvalue weighted by molar-refractivity contribution is 9.10. The Morgan fingerprint density at radius 2 is 2.35 bits per heavy atom. The Kier molecular flexibility index (Phi) is 5.87. The van der Waals surface area contributed by atoms with Crippen LogP contribution in [-0.2, 0) is 4.79 Å². The molecular weight excluding hydrogens is 340 g/mol. The summed E-state index contributed by atoms with van der Waals surface area (Å²) in [5.74, 6) is 0.677. The predicted molar refractivity (Wildman–Crippen MR) is 87.3 cm³/mol. The molecule has 1 fully saturated rings. The number of aryl methyl sites for hydroxylation is 1. The van der Waals surface area contributed by atoms with E-state index in [9.17, 15) is 4.79 Å².